The summed E-state index contributed by atoms with van der Waals surface area (Å²) >= 11 is 0. The largest absolute Gasteiger partial charge is 0.354 e. The van der Waals surface area contributed by atoms with Gasteiger partial charge < -0.3 is 5.32 Å². The van der Waals surface area contributed by atoms with E-state index >= 15 is 0 Å². The van der Waals surface area contributed by atoms with Crippen molar-refractivity contribution in [2.75, 3.05) is 7.05 Å². The second kappa shape index (κ2) is 6.20. The number of fused-ring (bicyclic) bond motifs is 1. The molecule has 4 rings (SSSR count). The van der Waals surface area contributed by atoms with Gasteiger partial charge in [0.2, 0.25) is 0 Å². The summed E-state index contributed by atoms with van der Waals surface area (Å²) in [6, 6.07) is 21.8. The number of carbonyl (C=O) groups is 1. The van der Waals surface area contributed by atoms with Crippen molar-refractivity contribution in [1.82, 2.24) is 20.1 Å². The average molecular weight is 328 g/mol. The van der Waals surface area contributed by atoms with Crippen molar-refractivity contribution in [3.63, 3.8) is 0 Å². The molecule has 5 heteroatoms. The molecule has 0 saturated carbocycles. The minimum Gasteiger partial charge on any atom is -0.354 e. The second-order valence-electron chi connectivity index (χ2n) is 5.64. The molecular weight excluding hydrogens is 312 g/mol. The van der Waals surface area contributed by atoms with Crippen LogP contribution in [0, 0.1) is 0 Å². The van der Waals surface area contributed by atoms with Gasteiger partial charge in [-0.2, -0.15) is 5.10 Å². The van der Waals surface area contributed by atoms with E-state index < -0.39 is 0 Å². The molecule has 0 bridgehead atoms. The van der Waals surface area contributed by atoms with Crippen LogP contribution in [0.3, 0.4) is 0 Å². The summed E-state index contributed by atoms with van der Waals surface area (Å²) < 4.78 is 1.65. The van der Waals surface area contributed by atoms with Crippen LogP contribution >= 0.6 is 0 Å². The van der Waals surface area contributed by atoms with Crippen LogP contribution in [-0.2, 0) is 0 Å². The second-order valence-corrected chi connectivity index (χ2v) is 5.64. The van der Waals surface area contributed by atoms with Gasteiger partial charge in [0.1, 0.15) is 0 Å². The Morgan fingerprint density at radius 1 is 1.00 bits per heavy atom. The third-order valence-electron chi connectivity index (χ3n) is 4.05. The maximum atomic E-state index is 11.8. The molecule has 2 aromatic carbocycles. The van der Waals surface area contributed by atoms with Crippen LogP contribution < -0.4 is 5.32 Å². The maximum Gasteiger partial charge on any atom is 0.271 e. The molecule has 1 amide bonds. The van der Waals surface area contributed by atoms with E-state index in [2.05, 4.69) is 16.5 Å². The number of carbonyl (C=O) groups excluding carboxylic acids is 1. The Hall–Kier alpha value is -3.47. The number of hydrogen-bond donors (Lipinski definition) is 1. The molecule has 2 aromatic heterocycles. The zero-order valence-corrected chi connectivity index (χ0v) is 13.7. The monoisotopic (exact) mass is 328 g/mol. The van der Waals surface area contributed by atoms with Gasteiger partial charge in [-0.15, -0.1) is 0 Å². The van der Waals surface area contributed by atoms with E-state index in [0.29, 0.717) is 11.5 Å². The van der Waals surface area contributed by atoms with Crippen molar-refractivity contribution in [2.45, 2.75) is 0 Å². The zero-order valence-electron chi connectivity index (χ0n) is 13.7. The van der Waals surface area contributed by atoms with Crippen LogP contribution in [0.5, 0.6) is 0 Å². The van der Waals surface area contributed by atoms with Crippen molar-refractivity contribution >= 4 is 16.8 Å². The minimum atomic E-state index is -0.221. The lowest BCUT2D eigenvalue weighted by Crippen LogP contribution is -2.18. The molecule has 1 N–H and O–H groups in total. The van der Waals surface area contributed by atoms with E-state index in [-0.39, 0.29) is 5.91 Å². The van der Waals surface area contributed by atoms with Gasteiger partial charge in [0.05, 0.1) is 5.52 Å². The number of benzene rings is 2. The lowest BCUT2D eigenvalue weighted by atomic mass is 10.0. The molecule has 4 aromatic rings. The fourth-order valence-electron chi connectivity index (χ4n) is 2.80. The Balaban J connectivity index is 1.95. The molecule has 0 atom stereocenters. The number of amides is 1. The van der Waals surface area contributed by atoms with Gasteiger partial charge in [0.25, 0.3) is 5.91 Å². The fraction of sp³-hybridized carbons (Fsp3) is 0.0500. The Morgan fingerprint density at radius 2 is 1.76 bits per heavy atom. The number of hydrogen-bond acceptors (Lipinski definition) is 3. The molecule has 0 spiro atoms. The molecule has 0 saturated heterocycles. The molecule has 0 aliphatic carbocycles. The highest BCUT2D eigenvalue weighted by Crippen LogP contribution is 2.28. The summed E-state index contributed by atoms with van der Waals surface area (Å²) in [5.74, 6) is 0.473. The molecule has 0 aliphatic rings. The summed E-state index contributed by atoms with van der Waals surface area (Å²) in [4.78, 5) is 16.6. The third-order valence-corrected chi connectivity index (χ3v) is 4.05. The van der Waals surface area contributed by atoms with Crippen LogP contribution in [0.15, 0.2) is 72.9 Å². The molecule has 25 heavy (non-hydrogen) atoms. The van der Waals surface area contributed by atoms with E-state index in [1.165, 1.54) is 0 Å². The van der Waals surface area contributed by atoms with Gasteiger partial charge >= 0.3 is 0 Å². The quantitative estimate of drug-likeness (QED) is 0.626. The lowest BCUT2D eigenvalue weighted by Gasteiger charge is -2.11. The van der Waals surface area contributed by atoms with Gasteiger partial charge in [-0.3, -0.25) is 4.79 Å². The number of para-hydroxylation sites is 1. The predicted molar refractivity (Wildman–Crippen MR) is 97.7 cm³/mol. The van der Waals surface area contributed by atoms with Crippen LogP contribution in [0.4, 0.5) is 0 Å². The molecule has 0 unspecified atom stereocenters. The van der Waals surface area contributed by atoms with Crippen molar-refractivity contribution in [3.8, 4) is 16.9 Å². The molecule has 0 radical (unpaired) electrons. The summed E-state index contributed by atoms with van der Waals surface area (Å²) in [5, 5.41) is 8.03. The van der Waals surface area contributed by atoms with Gasteiger partial charge in [0, 0.05) is 24.2 Å². The Kier molecular flexibility index (Phi) is 3.74. The highest BCUT2D eigenvalue weighted by Gasteiger charge is 2.14. The van der Waals surface area contributed by atoms with Gasteiger partial charge in [0.15, 0.2) is 11.5 Å². The summed E-state index contributed by atoms with van der Waals surface area (Å²) in [6.45, 7) is 0. The molecular formula is C20H16N4O. The summed E-state index contributed by atoms with van der Waals surface area (Å²) in [5.41, 5.74) is 3.25. The average Bonchev–Trinajstić information content (AvgIpc) is 3.17. The number of nitrogens with one attached hydrogen (secondary N) is 1. The third kappa shape index (κ3) is 2.76. The smallest absolute Gasteiger partial charge is 0.271 e. The summed E-state index contributed by atoms with van der Waals surface area (Å²) in [7, 11) is 1.59. The molecule has 2 heterocycles. The normalized spacial score (nSPS) is 10.8. The molecule has 5 nitrogen and oxygen atoms in total. The van der Waals surface area contributed by atoms with Crippen LogP contribution in [0.25, 0.3) is 27.8 Å². The number of pyridine rings is 1. The minimum absolute atomic E-state index is 0.221. The standard InChI is InChI=1S/C20H16N4O/c1-21-20(25)18-11-12-24(23-18)19-16(14-7-3-2-4-8-14)13-15-9-5-6-10-17(15)22-19/h2-13H,1H3,(H,21,25). The topological polar surface area (TPSA) is 59.8 Å². The molecule has 0 aliphatic heterocycles. The van der Waals surface area contributed by atoms with Crippen molar-refractivity contribution in [1.29, 1.82) is 0 Å². The maximum absolute atomic E-state index is 11.8. The van der Waals surface area contributed by atoms with Gasteiger partial charge in [-0.25, -0.2) is 9.67 Å². The van der Waals surface area contributed by atoms with Gasteiger partial charge in [-0.1, -0.05) is 48.5 Å². The highest BCUT2D eigenvalue weighted by molar-refractivity contribution is 5.92. The first-order valence-electron chi connectivity index (χ1n) is 7.99. The summed E-state index contributed by atoms with van der Waals surface area (Å²) in [6.07, 6.45) is 1.76. The number of aromatic nitrogens is 3. The first-order valence-corrected chi connectivity index (χ1v) is 7.99. The lowest BCUT2D eigenvalue weighted by molar-refractivity contribution is 0.0957. The van der Waals surface area contributed by atoms with E-state index in [9.17, 15) is 4.79 Å². The highest BCUT2D eigenvalue weighted by atomic mass is 16.1. The zero-order chi connectivity index (χ0) is 17.2. The Bertz CT molecular complexity index is 1050. The van der Waals surface area contributed by atoms with Crippen LogP contribution in [0.1, 0.15) is 10.5 Å². The van der Waals surface area contributed by atoms with E-state index in [4.69, 9.17) is 4.98 Å². The number of rotatable bonds is 3. The van der Waals surface area contributed by atoms with E-state index in [1.54, 1.807) is 24.0 Å². The first kappa shape index (κ1) is 15.1. The van der Waals surface area contributed by atoms with Crippen molar-refractivity contribution in [2.24, 2.45) is 0 Å². The fourth-order valence-corrected chi connectivity index (χ4v) is 2.80. The van der Waals surface area contributed by atoms with Crippen LogP contribution in [-0.4, -0.2) is 27.7 Å². The van der Waals surface area contributed by atoms with Gasteiger partial charge in [-0.05, 0) is 23.8 Å². The first-order chi connectivity index (χ1) is 12.3. The predicted octanol–water partition coefficient (Wildman–Crippen LogP) is 3.45. The van der Waals surface area contributed by atoms with E-state index in [0.717, 1.165) is 22.0 Å². The van der Waals surface area contributed by atoms with Crippen LogP contribution in [0.2, 0.25) is 0 Å². The SMILES string of the molecule is CNC(=O)c1ccn(-c2nc3ccccc3cc2-c2ccccc2)n1. The molecule has 0 fully saturated rings. The van der Waals surface area contributed by atoms with Crippen molar-refractivity contribution < 1.29 is 4.79 Å². The van der Waals surface area contributed by atoms with E-state index in [1.807, 2.05) is 54.6 Å². The Morgan fingerprint density at radius 3 is 2.56 bits per heavy atom. The van der Waals surface area contributed by atoms with Crippen molar-refractivity contribution in [3.05, 3.63) is 78.6 Å². The Labute approximate surface area is 144 Å². The molecule has 122 valence electrons. The number of nitrogens with zero attached hydrogens (tertiary/aromatic N) is 3.